The van der Waals surface area contributed by atoms with Gasteiger partial charge in [0.1, 0.15) is 11.6 Å². The number of anilines is 1. The molecule has 1 aliphatic heterocycles. The molecule has 5 heteroatoms. The number of hydrogen-bond acceptors (Lipinski definition) is 4. The molecule has 114 valence electrons. The Morgan fingerprint density at radius 1 is 1.29 bits per heavy atom. The van der Waals surface area contributed by atoms with Crippen molar-refractivity contribution in [1.82, 2.24) is 15.3 Å². The SMILES string of the molecule is CC(C)(C)c1nccc(N2CC(=O)NC3CCCCC32)n1. The van der Waals surface area contributed by atoms with Crippen LogP contribution in [0.4, 0.5) is 5.82 Å². The molecule has 1 saturated carbocycles. The predicted octanol–water partition coefficient (Wildman–Crippen LogP) is 2.02. The van der Waals surface area contributed by atoms with E-state index >= 15 is 0 Å². The molecule has 2 atom stereocenters. The summed E-state index contributed by atoms with van der Waals surface area (Å²) in [4.78, 5) is 23.3. The van der Waals surface area contributed by atoms with Gasteiger partial charge >= 0.3 is 0 Å². The molecule has 5 nitrogen and oxygen atoms in total. The Labute approximate surface area is 126 Å². The predicted molar refractivity (Wildman–Crippen MR) is 82.3 cm³/mol. The number of piperazine rings is 1. The number of carbonyl (C=O) groups is 1. The second kappa shape index (κ2) is 5.28. The summed E-state index contributed by atoms with van der Waals surface area (Å²) in [5, 5.41) is 3.14. The van der Waals surface area contributed by atoms with Crippen molar-refractivity contribution in [2.45, 2.75) is 64.0 Å². The molecule has 2 fully saturated rings. The van der Waals surface area contributed by atoms with Crippen LogP contribution in [0.1, 0.15) is 52.3 Å². The van der Waals surface area contributed by atoms with Gasteiger partial charge in [0.05, 0.1) is 12.6 Å². The highest BCUT2D eigenvalue weighted by Crippen LogP contribution is 2.29. The van der Waals surface area contributed by atoms with E-state index in [1.807, 2.05) is 12.3 Å². The molecule has 2 heterocycles. The zero-order chi connectivity index (χ0) is 15.0. The molecule has 1 aromatic rings. The van der Waals surface area contributed by atoms with E-state index in [4.69, 9.17) is 4.98 Å². The van der Waals surface area contributed by atoms with Gasteiger partial charge in [0, 0.05) is 17.7 Å². The van der Waals surface area contributed by atoms with Crippen LogP contribution in [0, 0.1) is 0 Å². The molecular weight excluding hydrogens is 264 g/mol. The van der Waals surface area contributed by atoms with Gasteiger partial charge in [0.15, 0.2) is 0 Å². The van der Waals surface area contributed by atoms with Crippen LogP contribution >= 0.6 is 0 Å². The van der Waals surface area contributed by atoms with Gasteiger partial charge in [-0.1, -0.05) is 33.6 Å². The third kappa shape index (κ3) is 2.87. The maximum Gasteiger partial charge on any atom is 0.239 e. The first-order valence-electron chi connectivity index (χ1n) is 7.85. The molecule has 0 radical (unpaired) electrons. The molecule has 1 aliphatic carbocycles. The van der Waals surface area contributed by atoms with Gasteiger partial charge in [0.2, 0.25) is 5.91 Å². The highest BCUT2D eigenvalue weighted by molar-refractivity contribution is 5.83. The molecule has 1 saturated heterocycles. The van der Waals surface area contributed by atoms with Crippen molar-refractivity contribution < 1.29 is 4.79 Å². The second-order valence-corrected chi connectivity index (χ2v) is 7.14. The minimum atomic E-state index is -0.0833. The Balaban J connectivity index is 1.92. The number of fused-ring (bicyclic) bond motifs is 1. The van der Waals surface area contributed by atoms with Crippen molar-refractivity contribution in [3.8, 4) is 0 Å². The third-order valence-corrected chi connectivity index (χ3v) is 4.40. The lowest BCUT2D eigenvalue weighted by atomic mass is 9.87. The van der Waals surface area contributed by atoms with E-state index < -0.39 is 0 Å². The second-order valence-electron chi connectivity index (χ2n) is 7.14. The van der Waals surface area contributed by atoms with Gasteiger partial charge in [-0.25, -0.2) is 9.97 Å². The van der Waals surface area contributed by atoms with Crippen molar-refractivity contribution in [2.75, 3.05) is 11.4 Å². The molecule has 0 bridgehead atoms. The van der Waals surface area contributed by atoms with Gasteiger partial charge in [-0.3, -0.25) is 4.79 Å². The van der Waals surface area contributed by atoms with Crippen LogP contribution in [-0.4, -0.2) is 34.5 Å². The van der Waals surface area contributed by atoms with Gasteiger partial charge < -0.3 is 10.2 Å². The van der Waals surface area contributed by atoms with Crippen molar-refractivity contribution >= 4 is 11.7 Å². The van der Waals surface area contributed by atoms with Gasteiger partial charge in [-0.15, -0.1) is 0 Å². The first-order valence-corrected chi connectivity index (χ1v) is 7.85. The topological polar surface area (TPSA) is 58.1 Å². The fourth-order valence-electron chi connectivity index (χ4n) is 3.30. The van der Waals surface area contributed by atoms with Crippen LogP contribution < -0.4 is 10.2 Å². The quantitative estimate of drug-likeness (QED) is 0.859. The summed E-state index contributed by atoms with van der Waals surface area (Å²) < 4.78 is 0. The summed E-state index contributed by atoms with van der Waals surface area (Å²) in [6, 6.07) is 2.58. The monoisotopic (exact) mass is 288 g/mol. The number of rotatable bonds is 1. The fourth-order valence-corrected chi connectivity index (χ4v) is 3.30. The highest BCUT2D eigenvalue weighted by Gasteiger charge is 2.37. The van der Waals surface area contributed by atoms with Crippen molar-refractivity contribution in [2.24, 2.45) is 0 Å². The molecule has 1 N–H and O–H groups in total. The van der Waals surface area contributed by atoms with Crippen LogP contribution in [0.3, 0.4) is 0 Å². The van der Waals surface area contributed by atoms with Crippen molar-refractivity contribution in [3.63, 3.8) is 0 Å². The van der Waals surface area contributed by atoms with Gasteiger partial charge in [0.25, 0.3) is 0 Å². The molecule has 21 heavy (non-hydrogen) atoms. The highest BCUT2D eigenvalue weighted by atomic mass is 16.2. The lowest BCUT2D eigenvalue weighted by Gasteiger charge is -2.44. The van der Waals surface area contributed by atoms with E-state index in [2.05, 4.69) is 36.0 Å². The van der Waals surface area contributed by atoms with Crippen molar-refractivity contribution in [3.05, 3.63) is 18.1 Å². The van der Waals surface area contributed by atoms with Crippen LogP contribution in [-0.2, 0) is 10.2 Å². The Morgan fingerprint density at radius 2 is 2.05 bits per heavy atom. The molecular formula is C16H24N4O. The minimum Gasteiger partial charge on any atom is -0.350 e. The Bertz CT molecular complexity index is 537. The largest absolute Gasteiger partial charge is 0.350 e. The summed E-state index contributed by atoms with van der Waals surface area (Å²) in [6.07, 6.45) is 6.44. The molecule has 0 aromatic carbocycles. The Hall–Kier alpha value is -1.65. The lowest BCUT2D eigenvalue weighted by Crippen LogP contribution is -2.62. The Kier molecular flexibility index (Phi) is 3.59. The first kappa shape index (κ1) is 14.3. The summed E-state index contributed by atoms with van der Waals surface area (Å²) in [7, 11) is 0. The standard InChI is InChI=1S/C16H24N4O/c1-16(2,3)15-17-9-8-13(19-15)20-10-14(21)18-11-6-4-5-7-12(11)20/h8-9,11-12H,4-7,10H2,1-3H3,(H,18,21). The van der Waals surface area contributed by atoms with Gasteiger partial charge in [-0.05, 0) is 18.9 Å². The summed E-state index contributed by atoms with van der Waals surface area (Å²) in [5.41, 5.74) is -0.0833. The molecule has 2 unspecified atom stereocenters. The number of aromatic nitrogens is 2. The smallest absolute Gasteiger partial charge is 0.239 e. The van der Waals surface area contributed by atoms with Gasteiger partial charge in [-0.2, -0.15) is 0 Å². The lowest BCUT2D eigenvalue weighted by molar-refractivity contribution is -0.122. The third-order valence-electron chi connectivity index (χ3n) is 4.40. The van der Waals surface area contributed by atoms with Crippen LogP contribution in [0.15, 0.2) is 12.3 Å². The van der Waals surface area contributed by atoms with E-state index in [0.717, 1.165) is 24.5 Å². The minimum absolute atomic E-state index is 0.0833. The van der Waals surface area contributed by atoms with Crippen molar-refractivity contribution in [1.29, 1.82) is 0 Å². The van der Waals surface area contributed by atoms with E-state index in [0.29, 0.717) is 12.6 Å². The van der Waals surface area contributed by atoms with E-state index in [1.165, 1.54) is 12.8 Å². The zero-order valence-corrected chi connectivity index (χ0v) is 13.1. The molecule has 1 amide bonds. The molecule has 1 aromatic heterocycles. The Morgan fingerprint density at radius 3 is 2.81 bits per heavy atom. The average molecular weight is 288 g/mol. The molecule has 3 rings (SSSR count). The maximum absolute atomic E-state index is 12.0. The van der Waals surface area contributed by atoms with E-state index in [9.17, 15) is 4.79 Å². The summed E-state index contributed by atoms with van der Waals surface area (Å²) in [5.74, 6) is 1.83. The zero-order valence-electron chi connectivity index (χ0n) is 13.1. The number of nitrogens with zero attached hydrogens (tertiary/aromatic N) is 3. The summed E-state index contributed by atoms with van der Waals surface area (Å²) >= 11 is 0. The van der Waals surface area contributed by atoms with E-state index in [1.54, 1.807) is 0 Å². The average Bonchev–Trinajstić information content (AvgIpc) is 2.45. The number of nitrogens with one attached hydrogen (secondary N) is 1. The van der Waals surface area contributed by atoms with Crippen LogP contribution in [0.2, 0.25) is 0 Å². The normalized spacial score (nSPS) is 26.2. The van der Waals surface area contributed by atoms with Crippen LogP contribution in [0.5, 0.6) is 0 Å². The fraction of sp³-hybridized carbons (Fsp3) is 0.688. The molecule has 0 spiro atoms. The summed E-state index contributed by atoms with van der Waals surface area (Å²) in [6.45, 7) is 6.73. The number of amides is 1. The molecule has 2 aliphatic rings. The number of hydrogen-bond donors (Lipinski definition) is 1. The first-order chi connectivity index (χ1) is 9.95. The van der Waals surface area contributed by atoms with Crippen LogP contribution in [0.25, 0.3) is 0 Å². The maximum atomic E-state index is 12.0. The van der Waals surface area contributed by atoms with E-state index in [-0.39, 0.29) is 17.4 Å². The number of carbonyl (C=O) groups excluding carboxylic acids is 1.